The summed E-state index contributed by atoms with van der Waals surface area (Å²) in [5, 5.41) is 3.36. The molecule has 2 aliphatic heterocycles. The fraction of sp³-hybridized carbons (Fsp3) is 0.333. The molecule has 25 heavy (non-hydrogen) atoms. The molecule has 0 atom stereocenters. The molecule has 2 aromatic rings. The van der Waals surface area contributed by atoms with Crippen molar-refractivity contribution in [3.05, 3.63) is 48.3 Å². The average Bonchev–Trinajstić information content (AvgIpc) is 2.65. The number of ether oxygens (including phenoxy) is 1. The zero-order valence-electron chi connectivity index (χ0n) is 13.9. The Kier molecular flexibility index (Phi) is 5.40. The molecule has 1 amide bonds. The van der Waals surface area contributed by atoms with Gasteiger partial charge in [0, 0.05) is 38.6 Å². The molecule has 0 radical (unpaired) electrons. The molecule has 4 rings (SSSR count). The Bertz CT molecular complexity index is 735. The van der Waals surface area contributed by atoms with E-state index in [0.717, 1.165) is 48.9 Å². The normalized spacial score (nSPS) is 16.7. The minimum absolute atomic E-state index is 0. The van der Waals surface area contributed by atoms with Crippen molar-refractivity contribution >= 4 is 29.7 Å². The van der Waals surface area contributed by atoms with E-state index in [0.29, 0.717) is 6.54 Å². The third kappa shape index (κ3) is 3.55. The van der Waals surface area contributed by atoms with Crippen molar-refractivity contribution in [3.63, 3.8) is 0 Å². The highest BCUT2D eigenvalue weighted by Crippen LogP contribution is 2.41. The molecule has 1 fully saturated rings. The van der Waals surface area contributed by atoms with Crippen LogP contribution in [0.5, 0.6) is 5.75 Å². The molecule has 132 valence electrons. The van der Waals surface area contributed by atoms with E-state index in [1.807, 2.05) is 24.3 Å². The van der Waals surface area contributed by atoms with Gasteiger partial charge in [-0.3, -0.25) is 9.78 Å². The first-order chi connectivity index (χ1) is 11.8. The van der Waals surface area contributed by atoms with Crippen LogP contribution in [0.3, 0.4) is 0 Å². The Morgan fingerprint density at radius 1 is 1.08 bits per heavy atom. The standard InChI is InChI=1S/C18H20N4O2.ClH/c23-17-13-24-18-15(21-10-8-20-9-11-21)2-1-3-16(18)22(17)12-14-4-6-19-7-5-14;/h1-7,20H,8-13H2;1H. The lowest BCUT2D eigenvalue weighted by Gasteiger charge is -2.35. The monoisotopic (exact) mass is 360 g/mol. The Balaban J connectivity index is 0.00000182. The summed E-state index contributed by atoms with van der Waals surface area (Å²) in [5.41, 5.74) is 2.97. The van der Waals surface area contributed by atoms with E-state index in [4.69, 9.17) is 4.74 Å². The quantitative estimate of drug-likeness (QED) is 0.905. The van der Waals surface area contributed by atoms with Gasteiger partial charge in [0.2, 0.25) is 0 Å². The number of aromatic nitrogens is 1. The number of piperazine rings is 1. The van der Waals surface area contributed by atoms with Crippen molar-refractivity contribution in [2.75, 3.05) is 42.6 Å². The number of carbonyl (C=O) groups excluding carboxylic acids is 1. The number of rotatable bonds is 3. The highest BCUT2D eigenvalue weighted by molar-refractivity contribution is 5.99. The van der Waals surface area contributed by atoms with Crippen LogP contribution in [0.1, 0.15) is 5.56 Å². The van der Waals surface area contributed by atoms with Gasteiger partial charge in [0.15, 0.2) is 12.4 Å². The molecule has 1 saturated heterocycles. The van der Waals surface area contributed by atoms with Gasteiger partial charge in [0.1, 0.15) is 0 Å². The van der Waals surface area contributed by atoms with Crippen LogP contribution in [-0.4, -0.2) is 43.7 Å². The Morgan fingerprint density at radius 3 is 2.56 bits per heavy atom. The lowest BCUT2D eigenvalue weighted by atomic mass is 10.1. The van der Waals surface area contributed by atoms with Crippen LogP contribution in [0.2, 0.25) is 0 Å². The van der Waals surface area contributed by atoms with E-state index in [1.165, 1.54) is 0 Å². The van der Waals surface area contributed by atoms with Gasteiger partial charge < -0.3 is 19.9 Å². The van der Waals surface area contributed by atoms with E-state index in [2.05, 4.69) is 21.3 Å². The Morgan fingerprint density at radius 2 is 1.80 bits per heavy atom. The Labute approximate surface area is 153 Å². The lowest BCUT2D eigenvalue weighted by Crippen LogP contribution is -2.44. The van der Waals surface area contributed by atoms with Crippen LogP contribution < -0.4 is 19.9 Å². The van der Waals surface area contributed by atoms with Crippen LogP contribution in [0.15, 0.2) is 42.7 Å². The molecule has 1 aromatic carbocycles. The summed E-state index contributed by atoms with van der Waals surface area (Å²) in [7, 11) is 0. The van der Waals surface area contributed by atoms with E-state index >= 15 is 0 Å². The molecule has 2 aliphatic rings. The third-order valence-corrected chi connectivity index (χ3v) is 4.45. The van der Waals surface area contributed by atoms with Crippen molar-refractivity contribution < 1.29 is 9.53 Å². The first kappa shape index (κ1) is 17.5. The number of anilines is 2. The summed E-state index contributed by atoms with van der Waals surface area (Å²) in [4.78, 5) is 20.6. The number of para-hydroxylation sites is 1. The molecular formula is C18H21ClN4O2. The number of pyridine rings is 1. The number of nitrogens with one attached hydrogen (secondary N) is 1. The third-order valence-electron chi connectivity index (χ3n) is 4.45. The number of fused-ring (bicyclic) bond motifs is 1. The molecule has 3 heterocycles. The molecule has 0 aliphatic carbocycles. The number of amides is 1. The zero-order valence-corrected chi connectivity index (χ0v) is 14.7. The molecule has 1 aromatic heterocycles. The summed E-state index contributed by atoms with van der Waals surface area (Å²) in [5.74, 6) is 0.796. The van der Waals surface area contributed by atoms with Crippen LogP contribution >= 0.6 is 12.4 Å². The van der Waals surface area contributed by atoms with Crippen LogP contribution in [0.25, 0.3) is 0 Å². The van der Waals surface area contributed by atoms with Gasteiger partial charge in [0.25, 0.3) is 5.91 Å². The second-order valence-corrected chi connectivity index (χ2v) is 5.99. The van der Waals surface area contributed by atoms with Crippen LogP contribution in [0, 0.1) is 0 Å². The number of carbonyl (C=O) groups is 1. The topological polar surface area (TPSA) is 57.7 Å². The van der Waals surface area contributed by atoms with Crippen LogP contribution in [0.4, 0.5) is 11.4 Å². The largest absolute Gasteiger partial charge is 0.479 e. The number of halogens is 1. The predicted molar refractivity (Wildman–Crippen MR) is 99.7 cm³/mol. The maximum absolute atomic E-state index is 12.4. The summed E-state index contributed by atoms with van der Waals surface area (Å²) >= 11 is 0. The number of hydrogen-bond acceptors (Lipinski definition) is 5. The number of hydrogen-bond donors (Lipinski definition) is 1. The number of benzene rings is 1. The van der Waals surface area contributed by atoms with Crippen molar-refractivity contribution in [1.82, 2.24) is 10.3 Å². The molecule has 1 N–H and O–H groups in total. The molecule has 7 heteroatoms. The van der Waals surface area contributed by atoms with E-state index in [1.54, 1.807) is 17.3 Å². The smallest absolute Gasteiger partial charge is 0.265 e. The van der Waals surface area contributed by atoms with Crippen molar-refractivity contribution in [2.45, 2.75) is 6.54 Å². The van der Waals surface area contributed by atoms with Crippen molar-refractivity contribution in [2.24, 2.45) is 0 Å². The first-order valence-electron chi connectivity index (χ1n) is 8.24. The van der Waals surface area contributed by atoms with Gasteiger partial charge in [-0.05, 0) is 29.8 Å². The van der Waals surface area contributed by atoms with E-state index in [9.17, 15) is 4.79 Å². The highest BCUT2D eigenvalue weighted by Gasteiger charge is 2.29. The van der Waals surface area contributed by atoms with Crippen LogP contribution in [-0.2, 0) is 11.3 Å². The predicted octanol–water partition coefficient (Wildman–Crippen LogP) is 1.84. The summed E-state index contributed by atoms with van der Waals surface area (Å²) in [6, 6.07) is 9.90. The minimum Gasteiger partial charge on any atom is -0.479 e. The minimum atomic E-state index is -0.0169. The van der Waals surface area contributed by atoms with E-state index in [-0.39, 0.29) is 24.9 Å². The molecule has 0 unspecified atom stereocenters. The fourth-order valence-electron chi connectivity index (χ4n) is 3.22. The second kappa shape index (κ2) is 7.72. The van der Waals surface area contributed by atoms with Gasteiger partial charge in [-0.15, -0.1) is 12.4 Å². The number of nitrogens with zero attached hydrogens (tertiary/aromatic N) is 3. The summed E-state index contributed by atoms with van der Waals surface area (Å²) < 4.78 is 5.82. The maximum Gasteiger partial charge on any atom is 0.265 e. The Hall–Kier alpha value is -2.31. The average molecular weight is 361 g/mol. The second-order valence-electron chi connectivity index (χ2n) is 5.99. The SMILES string of the molecule is Cl.O=C1COc2c(N3CCNCC3)cccc2N1Cc1ccncc1. The van der Waals surface area contributed by atoms with Gasteiger partial charge >= 0.3 is 0 Å². The maximum atomic E-state index is 12.4. The molecule has 0 saturated carbocycles. The molecular weight excluding hydrogens is 340 g/mol. The molecule has 6 nitrogen and oxygen atoms in total. The van der Waals surface area contributed by atoms with Crippen molar-refractivity contribution in [3.8, 4) is 5.75 Å². The van der Waals surface area contributed by atoms with Gasteiger partial charge in [-0.1, -0.05) is 6.07 Å². The zero-order chi connectivity index (χ0) is 16.4. The fourth-order valence-corrected chi connectivity index (χ4v) is 3.22. The van der Waals surface area contributed by atoms with Crippen molar-refractivity contribution in [1.29, 1.82) is 0 Å². The first-order valence-corrected chi connectivity index (χ1v) is 8.24. The van der Waals surface area contributed by atoms with Gasteiger partial charge in [0.05, 0.1) is 17.9 Å². The van der Waals surface area contributed by atoms with E-state index < -0.39 is 0 Å². The lowest BCUT2D eigenvalue weighted by molar-refractivity contribution is -0.121. The highest BCUT2D eigenvalue weighted by atomic mass is 35.5. The summed E-state index contributed by atoms with van der Waals surface area (Å²) in [6.45, 7) is 4.42. The summed E-state index contributed by atoms with van der Waals surface area (Å²) in [6.07, 6.45) is 3.50. The van der Waals surface area contributed by atoms with Gasteiger partial charge in [-0.2, -0.15) is 0 Å². The molecule has 0 spiro atoms. The molecule has 0 bridgehead atoms. The van der Waals surface area contributed by atoms with Gasteiger partial charge in [-0.25, -0.2) is 0 Å².